The van der Waals surface area contributed by atoms with Crippen LogP contribution >= 0.6 is 0 Å². The summed E-state index contributed by atoms with van der Waals surface area (Å²) in [7, 11) is 4.19. The van der Waals surface area contributed by atoms with Crippen LogP contribution in [-0.2, 0) is 0 Å². The van der Waals surface area contributed by atoms with Gasteiger partial charge in [0.05, 0.1) is 0 Å². The predicted molar refractivity (Wildman–Crippen MR) is 86.8 cm³/mol. The van der Waals surface area contributed by atoms with Crippen molar-refractivity contribution in [3.63, 3.8) is 0 Å². The molecule has 0 amide bonds. The molecule has 0 radical (unpaired) electrons. The van der Waals surface area contributed by atoms with Crippen molar-refractivity contribution in [2.24, 2.45) is 5.92 Å². The molecule has 0 aromatic heterocycles. The minimum absolute atomic E-state index is 0.0966. The molecule has 4 atom stereocenters. The second-order valence-electron chi connectivity index (χ2n) is 6.41. The van der Waals surface area contributed by atoms with Gasteiger partial charge in [0.1, 0.15) is 5.82 Å². The molecule has 1 aromatic carbocycles. The van der Waals surface area contributed by atoms with E-state index in [9.17, 15) is 4.39 Å². The minimum atomic E-state index is -0.0966. The molecule has 21 heavy (non-hydrogen) atoms. The van der Waals surface area contributed by atoms with Gasteiger partial charge in [-0.05, 0) is 52.3 Å². The van der Waals surface area contributed by atoms with Crippen molar-refractivity contribution < 1.29 is 4.39 Å². The molecule has 4 unspecified atom stereocenters. The summed E-state index contributed by atoms with van der Waals surface area (Å²) < 4.78 is 14.0. The Bertz CT molecular complexity index is 449. The third-order valence-electron chi connectivity index (χ3n) is 5.36. The standard InChI is InChI=1S/C18H29FN2/c1-5-14-10-11-17(20-3)18(12-14)21(4)13(2)15-8-6-7-9-16(15)19/h6-9,13-14,17-18,20H,5,10-12H2,1-4H3. The third kappa shape index (κ3) is 3.64. The molecule has 1 aliphatic carbocycles. The topological polar surface area (TPSA) is 15.3 Å². The fourth-order valence-electron chi connectivity index (χ4n) is 3.71. The molecule has 0 bridgehead atoms. The van der Waals surface area contributed by atoms with Gasteiger partial charge in [-0.15, -0.1) is 0 Å². The Morgan fingerprint density at radius 3 is 2.67 bits per heavy atom. The first-order valence-corrected chi connectivity index (χ1v) is 8.22. The molecule has 2 nitrogen and oxygen atoms in total. The van der Waals surface area contributed by atoms with E-state index in [0.717, 1.165) is 11.5 Å². The molecule has 3 heteroatoms. The van der Waals surface area contributed by atoms with E-state index in [1.54, 1.807) is 12.1 Å². The summed E-state index contributed by atoms with van der Waals surface area (Å²) in [5, 5.41) is 3.47. The lowest BCUT2D eigenvalue weighted by Crippen LogP contribution is -2.51. The van der Waals surface area contributed by atoms with E-state index < -0.39 is 0 Å². The lowest BCUT2D eigenvalue weighted by Gasteiger charge is -2.43. The van der Waals surface area contributed by atoms with E-state index in [-0.39, 0.29) is 11.9 Å². The Labute approximate surface area is 128 Å². The average Bonchev–Trinajstić information content (AvgIpc) is 2.53. The van der Waals surface area contributed by atoms with Crippen LogP contribution in [0.2, 0.25) is 0 Å². The smallest absolute Gasteiger partial charge is 0.127 e. The zero-order valence-corrected chi connectivity index (χ0v) is 13.8. The first kappa shape index (κ1) is 16.4. The van der Waals surface area contributed by atoms with Gasteiger partial charge in [-0.25, -0.2) is 4.39 Å². The van der Waals surface area contributed by atoms with Gasteiger partial charge < -0.3 is 5.32 Å². The molecule has 1 aromatic rings. The van der Waals surface area contributed by atoms with Crippen LogP contribution in [0, 0.1) is 11.7 Å². The molecule has 1 fully saturated rings. The second-order valence-corrected chi connectivity index (χ2v) is 6.41. The maximum Gasteiger partial charge on any atom is 0.127 e. The molecule has 1 saturated carbocycles. The van der Waals surface area contributed by atoms with E-state index in [4.69, 9.17) is 0 Å². The zero-order valence-electron chi connectivity index (χ0n) is 13.8. The minimum Gasteiger partial charge on any atom is -0.315 e. The molecular formula is C18H29FN2. The molecule has 0 aliphatic heterocycles. The van der Waals surface area contributed by atoms with Gasteiger partial charge in [0.25, 0.3) is 0 Å². The van der Waals surface area contributed by atoms with Crippen molar-refractivity contribution in [2.75, 3.05) is 14.1 Å². The number of hydrogen-bond donors (Lipinski definition) is 1. The van der Waals surface area contributed by atoms with Crippen LogP contribution in [0.1, 0.15) is 51.1 Å². The van der Waals surface area contributed by atoms with Gasteiger partial charge in [0, 0.05) is 23.7 Å². The SMILES string of the molecule is CCC1CCC(NC)C(N(C)C(C)c2ccccc2F)C1. The Kier molecular flexibility index (Phi) is 5.77. The second kappa shape index (κ2) is 7.37. The van der Waals surface area contributed by atoms with E-state index in [2.05, 4.69) is 31.1 Å². The molecule has 118 valence electrons. The quantitative estimate of drug-likeness (QED) is 0.883. The van der Waals surface area contributed by atoms with E-state index in [1.807, 2.05) is 19.2 Å². The number of benzene rings is 1. The van der Waals surface area contributed by atoms with E-state index >= 15 is 0 Å². The average molecular weight is 292 g/mol. The fraction of sp³-hybridized carbons (Fsp3) is 0.667. The highest BCUT2D eigenvalue weighted by Crippen LogP contribution is 2.33. The lowest BCUT2D eigenvalue weighted by atomic mass is 9.80. The van der Waals surface area contributed by atoms with Crippen LogP contribution in [0.3, 0.4) is 0 Å². The highest BCUT2D eigenvalue weighted by Gasteiger charge is 2.33. The lowest BCUT2D eigenvalue weighted by molar-refractivity contribution is 0.0898. The first-order valence-electron chi connectivity index (χ1n) is 8.22. The van der Waals surface area contributed by atoms with Crippen molar-refractivity contribution in [3.8, 4) is 0 Å². The Morgan fingerprint density at radius 1 is 1.33 bits per heavy atom. The third-order valence-corrected chi connectivity index (χ3v) is 5.36. The fourth-order valence-corrected chi connectivity index (χ4v) is 3.71. The number of hydrogen-bond acceptors (Lipinski definition) is 2. The highest BCUT2D eigenvalue weighted by atomic mass is 19.1. The number of rotatable bonds is 5. The number of halogens is 1. The normalized spacial score (nSPS) is 27.8. The van der Waals surface area contributed by atoms with Crippen molar-refractivity contribution in [1.82, 2.24) is 10.2 Å². The molecule has 0 heterocycles. The van der Waals surface area contributed by atoms with Crippen molar-refractivity contribution in [3.05, 3.63) is 35.6 Å². The zero-order chi connectivity index (χ0) is 15.4. The van der Waals surface area contributed by atoms with E-state index in [0.29, 0.717) is 12.1 Å². The first-order chi connectivity index (χ1) is 10.1. The molecular weight excluding hydrogens is 263 g/mol. The van der Waals surface area contributed by atoms with Gasteiger partial charge in [-0.1, -0.05) is 31.5 Å². The van der Waals surface area contributed by atoms with Crippen LogP contribution in [0.4, 0.5) is 4.39 Å². The maximum absolute atomic E-state index is 14.0. The van der Waals surface area contributed by atoms with Crippen LogP contribution in [-0.4, -0.2) is 31.1 Å². The monoisotopic (exact) mass is 292 g/mol. The predicted octanol–water partition coefficient (Wildman–Crippen LogP) is 3.99. The number of likely N-dealkylation sites (N-methyl/N-ethyl adjacent to an activating group) is 2. The number of nitrogens with one attached hydrogen (secondary N) is 1. The highest BCUT2D eigenvalue weighted by molar-refractivity contribution is 5.21. The van der Waals surface area contributed by atoms with Crippen molar-refractivity contribution in [1.29, 1.82) is 0 Å². The van der Waals surface area contributed by atoms with Gasteiger partial charge >= 0.3 is 0 Å². The van der Waals surface area contributed by atoms with Crippen LogP contribution in [0.25, 0.3) is 0 Å². The number of nitrogens with zero attached hydrogens (tertiary/aromatic N) is 1. The summed E-state index contributed by atoms with van der Waals surface area (Å²) in [5.41, 5.74) is 0.800. The van der Waals surface area contributed by atoms with Crippen molar-refractivity contribution in [2.45, 2.75) is 57.7 Å². The molecule has 0 spiro atoms. The summed E-state index contributed by atoms with van der Waals surface area (Å²) in [6.45, 7) is 4.39. The largest absolute Gasteiger partial charge is 0.315 e. The van der Waals surface area contributed by atoms with Crippen LogP contribution < -0.4 is 5.32 Å². The molecule has 2 rings (SSSR count). The summed E-state index contributed by atoms with van der Waals surface area (Å²) in [6.07, 6.45) is 4.97. The van der Waals surface area contributed by atoms with Crippen LogP contribution in [0.5, 0.6) is 0 Å². The summed E-state index contributed by atoms with van der Waals surface area (Å²) in [6, 6.07) is 8.23. The molecule has 0 saturated heterocycles. The summed E-state index contributed by atoms with van der Waals surface area (Å²) >= 11 is 0. The Hall–Kier alpha value is -0.930. The summed E-state index contributed by atoms with van der Waals surface area (Å²) in [4.78, 5) is 2.36. The Balaban J connectivity index is 2.16. The van der Waals surface area contributed by atoms with Gasteiger partial charge in [-0.2, -0.15) is 0 Å². The van der Waals surface area contributed by atoms with Gasteiger partial charge in [0.2, 0.25) is 0 Å². The van der Waals surface area contributed by atoms with Gasteiger partial charge in [-0.3, -0.25) is 4.90 Å². The maximum atomic E-state index is 14.0. The van der Waals surface area contributed by atoms with Crippen molar-refractivity contribution >= 4 is 0 Å². The van der Waals surface area contributed by atoms with Crippen LogP contribution in [0.15, 0.2) is 24.3 Å². The molecule has 1 N–H and O–H groups in total. The van der Waals surface area contributed by atoms with E-state index in [1.165, 1.54) is 25.7 Å². The Morgan fingerprint density at radius 2 is 2.05 bits per heavy atom. The van der Waals surface area contributed by atoms with Gasteiger partial charge in [0.15, 0.2) is 0 Å². The molecule has 1 aliphatic rings. The summed E-state index contributed by atoms with van der Waals surface area (Å²) in [5.74, 6) is 0.704.